The van der Waals surface area contributed by atoms with Crippen molar-refractivity contribution in [2.75, 3.05) is 0 Å². The third-order valence-corrected chi connectivity index (χ3v) is 5.07. The lowest BCUT2D eigenvalue weighted by Crippen LogP contribution is -2.20. The Hall–Kier alpha value is -2.63. The van der Waals surface area contributed by atoms with Crippen LogP contribution in [0.2, 0.25) is 10.0 Å². The Morgan fingerprint density at radius 1 is 1.15 bits per heavy atom. The fourth-order valence-corrected chi connectivity index (χ4v) is 3.37. The normalized spacial score (nSPS) is 12.7. The molecule has 1 aromatic heterocycles. The summed E-state index contributed by atoms with van der Waals surface area (Å²) in [6.07, 6.45) is 3.16. The van der Waals surface area contributed by atoms with E-state index in [1.165, 1.54) is 11.8 Å². The second-order valence-electron chi connectivity index (χ2n) is 5.96. The van der Waals surface area contributed by atoms with Crippen molar-refractivity contribution in [1.29, 1.82) is 0 Å². The van der Waals surface area contributed by atoms with Crippen molar-refractivity contribution < 1.29 is 4.79 Å². The van der Waals surface area contributed by atoms with Gasteiger partial charge in [-0.25, -0.2) is 5.43 Å². The van der Waals surface area contributed by atoms with Crippen LogP contribution in [-0.4, -0.2) is 22.3 Å². The van der Waals surface area contributed by atoms with Crippen LogP contribution in [0.3, 0.4) is 0 Å². The SMILES string of the molecule is O=C(NN=Cc1ccc(Cl)c(Cl)c1)c1[nH]nc2c1CCc1ccccc1-2. The number of amides is 1. The van der Waals surface area contributed by atoms with Gasteiger partial charge in [0.25, 0.3) is 5.91 Å². The van der Waals surface area contributed by atoms with Gasteiger partial charge >= 0.3 is 0 Å². The maximum atomic E-state index is 12.5. The monoisotopic (exact) mass is 384 g/mol. The molecule has 0 atom stereocenters. The molecule has 2 aromatic carbocycles. The van der Waals surface area contributed by atoms with Crippen molar-refractivity contribution in [3.05, 3.63) is 74.9 Å². The average Bonchev–Trinajstić information content (AvgIpc) is 3.09. The van der Waals surface area contributed by atoms with Gasteiger partial charge in [0.05, 0.1) is 22.0 Å². The van der Waals surface area contributed by atoms with Crippen LogP contribution in [-0.2, 0) is 12.8 Å². The minimum absolute atomic E-state index is 0.325. The number of benzene rings is 2. The largest absolute Gasteiger partial charge is 0.289 e. The van der Waals surface area contributed by atoms with Gasteiger partial charge in [0.1, 0.15) is 5.69 Å². The Bertz CT molecular complexity index is 1030. The number of hydrogen-bond acceptors (Lipinski definition) is 3. The number of fused-ring (bicyclic) bond motifs is 3. The number of carbonyl (C=O) groups excluding carboxylic acids is 1. The number of H-pyrrole nitrogens is 1. The number of nitrogens with one attached hydrogen (secondary N) is 2. The van der Waals surface area contributed by atoms with Crippen molar-refractivity contribution in [2.24, 2.45) is 5.10 Å². The summed E-state index contributed by atoms with van der Waals surface area (Å²) in [7, 11) is 0. The summed E-state index contributed by atoms with van der Waals surface area (Å²) in [6, 6.07) is 13.2. The summed E-state index contributed by atoms with van der Waals surface area (Å²) in [4.78, 5) is 12.5. The molecule has 0 fully saturated rings. The second kappa shape index (κ2) is 6.94. The van der Waals surface area contributed by atoms with Crippen molar-refractivity contribution in [3.8, 4) is 11.3 Å². The van der Waals surface area contributed by atoms with E-state index in [9.17, 15) is 4.79 Å². The van der Waals surface area contributed by atoms with E-state index in [1.807, 2.05) is 18.2 Å². The van der Waals surface area contributed by atoms with Crippen molar-refractivity contribution in [3.63, 3.8) is 0 Å². The first-order valence-electron chi connectivity index (χ1n) is 8.07. The van der Waals surface area contributed by atoms with Crippen LogP contribution in [0, 0.1) is 0 Å². The Morgan fingerprint density at radius 3 is 2.85 bits per heavy atom. The molecule has 0 aliphatic heterocycles. The van der Waals surface area contributed by atoms with E-state index in [4.69, 9.17) is 23.2 Å². The molecule has 26 heavy (non-hydrogen) atoms. The summed E-state index contributed by atoms with van der Waals surface area (Å²) in [5.74, 6) is -0.325. The molecule has 0 spiro atoms. The van der Waals surface area contributed by atoms with E-state index in [2.05, 4.69) is 26.8 Å². The molecular weight excluding hydrogens is 371 g/mol. The number of hydrazone groups is 1. The maximum absolute atomic E-state index is 12.5. The third kappa shape index (κ3) is 3.11. The van der Waals surface area contributed by atoms with E-state index >= 15 is 0 Å². The third-order valence-electron chi connectivity index (χ3n) is 4.33. The van der Waals surface area contributed by atoms with Crippen molar-refractivity contribution in [2.45, 2.75) is 12.8 Å². The highest BCUT2D eigenvalue weighted by Crippen LogP contribution is 2.33. The topological polar surface area (TPSA) is 70.1 Å². The van der Waals surface area contributed by atoms with Crippen LogP contribution in [0.5, 0.6) is 0 Å². The first kappa shape index (κ1) is 16.8. The fourth-order valence-electron chi connectivity index (χ4n) is 3.06. The predicted molar refractivity (Wildman–Crippen MR) is 103 cm³/mol. The molecule has 0 radical (unpaired) electrons. The van der Waals surface area contributed by atoms with Crippen LogP contribution in [0.15, 0.2) is 47.6 Å². The van der Waals surface area contributed by atoms with E-state index < -0.39 is 0 Å². The number of aromatic amines is 1. The van der Waals surface area contributed by atoms with Gasteiger partial charge in [-0.3, -0.25) is 9.89 Å². The minimum atomic E-state index is -0.325. The summed E-state index contributed by atoms with van der Waals surface area (Å²) in [5, 5.41) is 12.1. The molecule has 4 rings (SSSR count). The number of nitrogens with zero attached hydrogens (tertiary/aromatic N) is 2. The van der Waals surface area contributed by atoms with E-state index in [0.717, 1.165) is 35.2 Å². The lowest BCUT2D eigenvalue weighted by molar-refractivity contribution is 0.0949. The van der Waals surface area contributed by atoms with Crippen LogP contribution < -0.4 is 5.43 Å². The Morgan fingerprint density at radius 2 is 2.00 bits per heavy atom. The van der Waals surface area contributed by atoms with Gasteiger partial charge in [-0.15, -0.1) is 0 Å². The first-order valence-corrected chi connectivity index (χ1v) is 8.83. The van der Waals surface area contributed by atoms with Gasteiger partial charge in [-0.2, -0.15) is 10.2 Å². The van der Waals surface area contributed by atoms with Crippen molar-refractivity contribution in [1.82, 2.24) is 15.6 Å². The lowest BCUT2D eigenvalue weighted by atomic mass is 9.89. The number of aromatic nitrogens is 2. The summed E-state index contributed by atoms with van der Waals surface area (Å²) in [5.41, 5.74) is 7.79. The van der Waals surface area contributed by atoms with E-state index in [0.29, 0.717) is 15.7 Å². The number of halogens is 2. The van der Waals surface area contributed by atoms with E-state index in [1.54, 1.807) is 18.2 Å². The van der Waals surface area contributed by atoms with Crippen LogP contribution in [0.25, 0.3) is 11.3 Å². The zero-order valence-electron chi connectivity index (χ0n) is 13.6. The summed E-state index contributed by atoms with van der Waals surface area (Å²) < 4.78 is 0. The highest BCUT2D eigenvalue weighted by atomic mass is 35.5. The average molecular weight is 385 g/mol. The zero-order chi connectivity index (χ0) is 18.1. The fraction of sp³-hybridized carbons (Fsp3) is 0.105. The molecule has 130 valence electrons. The van der Waals surface area contributed by atoms with E-state index in [-0.39, 0.29) is 5.91 Å². The van der Waals surface area contributed by atoms with Gasteiger partial charge in [-0.1, -0.05) is 53.5 Å². The Labute approximate surface area is 160 Å². The Balaban J connectivity index is 1.52. The molecule has 7 heteroatoms. The molecule has 1 amide bonds. The summed E-state index contributed by atoms with van der Waals surface area (Å²) >= 11 is 11.8. The number of carbonyl (C=O) groups is 1. The molecule has 1 aliphatic rings. The van der Waals surface area contributed by atoms with Crippen LogP contribution in [0.4, 0.5) is 0 Å². The lowest BCUT2D eigenvalue weighted by Gasteiger charge is -2.15. The maximum Gasteiger partial charge on any atom is 0.289 e. The zero-order valence-corrected chi connectivity index (χ0v) is 15.1. The second-order valence-corrected chi connectivity index (χ2v) is 6.77. The first-order chi connectivity index (χ1) is 12.6. The number of hydrogen-bond donors (Lipinski definition) is 2. The van der Waals surface area contributed by atoms with Gasteiger partial charge in [0.15, 0.2) is 0 Å². The highest BCUT2D eigenvalue weighted by Gasteiger charge is 2.24. The molecule has 1 heterocycles. The molecule has 1 aliphatic carbocycles. The molecule has 5 nitrogen and oxygen atoms in total. The predicted octanol–water partition coefficient (Wildman–Crippen LogP) is 4.25. The van der Waals surface area contributed by atoms with Crippen LogP contribution >= 0.6 is 23.2 Å². The molecule has 0 bridgehead atoms. The molecular formula is C19H14Cl2N4O. The van der Waals surface area contributed by atoms with Gasteiger partial charge < -0.3 is 0 Å². The molecule has 3 aromatic rings. The van der Waals surface area contributed by atoms with Gasteiger partial charge in [-0.05, 0) is 36.1 Å². The minimum Gasteiger partial charge on any atom is -0.272 e. The van der Waals surface area contributed by atoms with Crippen molar-refractivity contribution >= 4 is 35.3 Å². The molecule has 0 unspecified atom stereocenters. The smallest absolute Gasteiger partial charge is 0.272 e. The van der Waals surface area contributed by atoms with Crippen LogP contribution in [0.1, 0.15) is 27.2 Å². The molecule has 2 N–H and O–H groups in total. The summed E-state index contributed by atoms with van der Waals surface area (Å²) in [6.45, 7) is 0. The highest BCUT2D eigenvalue weighted by molar-refractivity contribution is 6.42. The molecule has 0 saturated carbocycles. The number of rotatable bonds is 3. The van der Waals surface area contributed by atoms with Gasteiger partial charge in [0.2, 0.25) is 0 Å². The van der Waals surface area contributed by atoms with Gasteiger partial charge in [0, 0.05) is 11.1 Å². The molecule has 0 saturated heterocycles. The number of aryl methyl sites for hydroxylation is 1. The standard InChI is InChI=1S/C19H14Cl2N4O/c20-15-8-5-11(9-16(15)21)10-22-25-19(26)18-14-7-6-12-3-1-2-4-13(12)17(14)23-24-18/h1-5,8-10H,6-7H2,(H,23,24)(H,25,26). The Kier molecular flexibility index (Phi) is 4.49. The quantitative estimate of drug-likeness (QED) is 0.523.